The van der Waals surface area contributed by atoms with Gasteiger partial charge in [-0.1, -0.05) is 6.42 Å². The zero-order valence-corrected chi connectivity index (χ0v) is 16.4. The number of nitrogens with one attached hydrogen (secondary N) is 2. The van der Waals surface area contributed by atoms with Crippen molar-refractivity contribution >= 4 is 39.7 Å². The van der Waals surface area contributed by atoms with E-state index in [0.29, 0.717) is 16.3 Å². The molecule has 0 aromatic carbocycles. The molecule has 0 bridgehead atoms. The van der Waals surface area contributed by atoms with Crippen LogP contribution in [0.15, 0.2) is 21.7 Å². The van der Waals surface area contributed by atoms with E-state index in [1.165, 1.54) is 17.4 Å². The van der Waals surface area contributed by atoms with Crippen LogP contribution in [0.3, 0.4) is 0 Å². The Bertz CT molecular complexity index is 955. The van der Waals surface area contributed by atoms with Crippen molar-refractivity contribution in [2.45, 2.75) is 46.0 Å². The van der Waals surface area contributed by atoms with Crippen LogP contribution in [-0.4, -0.2) is 22.4 Å². The summed E-state index contributed by atoms with van der Waals surface area (Å²) in [6, 6.07) is 2.35. The van der Waals surface area contributed by atoms with Crippen molar-refractivity contribution in [1.29, 1.82) is 0 Å². The maximum Gasteiger partial charge on any atom is 0.433 e. The van der Waals surface area contributed by atoms with Gasteiger partial charge in [0.2, 0.25) is 0 Å². The van der Waals surface area contributed by atoms with E-state index in [1.54, 1.807) is 13.8 Å². The van der Waals surface area contributed by atoms with Gasteiger partial charge in [-0.15, -0.1) is 11.3 Å². The number of aryl methyl sites for hydroxylation is 1. The molecular formula is C18H20N4O5S. The first kappa shape index (κ1) is 19.7. The van der Waals surface area contributed by atoms with Gasteiger partial charge in [0.1, 0.15) is 9.92 Å². The normalized spacial score (nSPS) is 13.2. The summed E-state index contributed by atoms with van der Waals surface area (Å²) in [5, 5.41) is 17.8. The SMILES string of the molecule is CC(C)=NNC(=O)c1c(NC(=O)c2ccc([N+](=O)[O-])o2)sc2c1CCCCC2. The van der Waals surface area contributed by atoms with Gasteiger partial charge in [0.15, 0.2) is 5.76 Å². The molecule has 1 aliphatic rings. The minimum atomic E-state index is -0.714. The van der Waals surface area contributed by atoms with E-state index < -0.39 is 16.7 Å². The summed E-state index contributed by atoms with van der Waals surface area (Å²) in [5.74, 6) is -1.74. The second-order valence-corrected chi connectivity index (χ2v) is 7.72. The number of carbonyl (C=O) groups is 2. The molecule has 9 nitrogen and oxygen atoms in total. The highest BCUT2D eigenvalue weighted by Crippen LogP contribution is 2.38. The highest BCUT2D eigenvalue weighted by molar-refractivity contribution is 7.17. The minimum absolute atomic E-state index is 0.191. The molecule has 2 aromatic heterocycles. The number of thiophene rings is 1. The van der Waals surface area contributed by atoms with Crippen molar-refractivity contribution in [1.82, 2.24) is 5.43 Å². The fourth-order valence-corrected chi connectivity index (χ4v) is 4.28. The summed E-state index contributed by atoms with van der Waals surface area (Å²) in [7, 11) is 0. The van der Waals surface area contributed by atoms with Crippen LogP contribution in [0.5, 0.6) is 0 Å². The van der Waals surface area contributed by atoms with Crippen LogP contribution < -0.4 is 10.7 Å². The number of nitro groups is 1. The maximum absolute atomic E-state index is 12.8. The van der Waals surface area contributed by atoms with Crippen LogP contribution in [0.1, 0.15) is 64.5 Å². The molecule has 2 amide bonds. The highest BCUT2D eigenvalue weighted by Gasteiger charge is 2.27. The molecule has 0 unspecified atom stereocenters. The van der Waals surface area contributed by atoms with Gasteiger partial charge >= 0.3 is 5.88 Å². The Morgan fingerprint density at radius 3 is 2.61 bits per heavy atom. The molecule has 0 aliphatic heterocycles. The number of hydrazone groups is 1. The smallest absolute Gasteiger partial charge is 0.395 e. The number of anilines is 1. The van der Waals surface area contributed by atoms with Crippen molar-refractivity contribution in [2.75, 3.05) is 5.32 Å². The van der Waals surface area contributed by atoms with E-state index in [4.69, 9.17) is 4.42 Å². The van der Waals surface area contributed by atoms with Gasteiger partial charge in [-0.2, -0.15) is 5.10 Å². The first-order valence-corrected chi connectivity index (χ1v) is 9.70. The van der Waals surface area contributed by atoms with Gasteiger partial charge in [-0.25, -0.2) is 5.43 Å². The van der Waals surface area contributed by atoms with Gasteiger partial charge < -0.3 is 9.73 Å². The molecule has 2 N–H and O–H groups in total. The summed E-state index contributed by atoms with van der Waals surface area (Å²) in [4.78, 5) is 36.3. The molecule has 10 heteroatoms. The van der Waals surface area contributed by atoms with Crippen LogP contribution in [0.25, 0.3) is 0 Å². The van der Waals surface area contributed by atoms with E-state index in [9.17, 15) is 19.7 Å². The number of furan rings is 1. The lowest BCUT2D eigenvalue weighted by molar-refractivity contribution is -0.402. The topological polar surface area (TPSA) is 127 Å². The number of fused-ring (bicyclic) bond motifs is 1. The Morgan fingerprint density at radius 1 is 1.18 bits per heavy atom. The first-order chi connectivity index (χ1) is 13.4. The second kappa shape index (κ2) is 8.34. The summed E-state index contributed by atoms with van der Waals surface area (Å²) in [6.45, 7) is 3.53. The maximum atomic E-state index is 12.8. The Labute approximate surface area is 165 Å². The van der Waals surface area contributed by atoms with Gasteiger partial charge in [0.25, 0.3) is 11.8 Å². The number of nitrogens with zero attached hydrogens (tertiary/aromatic N) is 2. The molecule has 0 fully saturated rings. The number of hydrogen-bond acceptors (Lipinski definition) is 7. The molecule has 0 saturated heterocycles. The third kappa shape index (κ3) is 4.28. The monoisotopic (exact) mass is 404 g/mol. The third-order valence-electron chi connectivity index (χ3n) is 4.25. The van der Waals surface area contributed by atoms with E-state index in [2.05, 4.69) is 15.8 Å². The predicted molar refractivity (Wildman–Crippen MR) is 105 cm³/mol. The van der Waals surface area contributed by atoms with Crippen LogP contribution in [0, 0.1) is 10.1 Å². The van der Waals surface area contributed by atoms with E-state index in [0.717, 1.165) is 48.6 Å². The van der Waals surface area contributed by atoms with E-state index in [-0.39, 0.29) is 11.7 Å². The molecular weight excluding hydrogens is 384 g/mol. The number of carbonyl (C=O) groups excluding carboxylic acids is 2. The fraction of sp³-hybridized carbons (Fsp3) is 0.389. The molecule has 0 saturated carbocycles. The summed E-state index contributed by atoms with van der Waals surface area (Å²) in [5.41, 5.74) is 4.56. The van der Waals surface area contributed by atoms with Crippen LogP contribution in [0.2, 0.25) is 0 Å². The summed E-state index contributed by atoms with van der Waals surface area (Å²) in [6.07, 6.45) is 4.69. The van der Waals surface area contributed by atoms with Crippen LogP contribution in [-0.2, 0) is 12.8 Å². The number of hydrogen-bond donors (Lipinski definition) is 2. The second-order valence-electron chi connectivity index (χ2n) is 6.62. The number of amides is 2. The van der Waals surface area contributed by atoms with Gasteiger partial charge in [0, 0.05) is 10.6 Å². The first-order valence-electron chi connectivity index (χ1n) is 8.88. The van der Waals surface area contributed by atoms with E-state index in [1.807, 2.05) is 0 Å². The Morgan fingerprint density at radius 2 is 1.93 bits per heavy atom. The molecule has 0 spiro atoms. The fourth-order valence-electron chi connectivity index (χ4n) is 3.00. The Balaban J connectivity index is 1.92. The summed E-state index contributed by atoms with van der Waals surface area (Å²) < 4.78 is 4.95. The zero-order valence-electron chi connectivity index (χ0n) is 15.5. The number of rotatable bonds is 5. The largest absolute Gasteiger partial charge is 0.433 e. The molecule has 0 atom stereocenters. The standard InChI is InChI=1S/C18H20N4O5S/c1-10(2)20-21-17(24)15-11-6-4-3-5-7-13(11)28-18(15)19-16(23)12-8-9-14(27-12)22(25)26/h8-9H,3-7H2,1-2H3,(H,19,23)(H,21,24). The van der Waals surface area contributed by atoms with Gasteiger partial charge in [0.05, 0.1) is 11.6 Å². The molecule has 148 valence electrons. The average Bonchev–Trinajstić information content (AvgIpc) is 3.19. The lowest BCUT2D eigenvalue weighted by Crippen LogP contribution is -2.22. The third-order valence-corrected chi connectivity index (χ3v) is 5.46. The van der Waals surface area contributed by atoms with Crippen molar-refractivity contribution in [3.8, 4) is 0 Å². The van der Waals surface area contributed by atoms with Crippen molar-refractivity contribution in [3.05, 3.63) is 44.0 Å². The quantitative estimate of drug-likeness (QED) is 0.338. The molecule has 2 aromatic rings. The van der Waals surface area contributed by atoms with Crippen molar-refractivity contribution in [2.24, 2.45) is 5.10 Å². The van der Waals surface area contributed by atoms with Crippen LogP contribution in [0.4, 0.5) is 10.9 Å². The van der Waals surface area contributed by atoms with Gasteiger partial charge in [-0.3, -0.25) is 19.7 Å². The molecule has 3 rings (SSSR count). The summed E-state index contributed by atoms with van der Waals surface area (Å²) >= 11 is 1.36. The molecule has 28 heavy (non-hydrogen) atoms. The molecule has 1 aliphatic carbocycles. The predicted octanol–water partition coefficient (Wildman–Crippen LogP) is 3.90. The van der Waals surface area contributed by atoms with Crippen molar-refractivity contribution < 1.29 is 18.9 Å². The van der Waals surface area contributed by atoms with Crippen LogP contribution >= 0.6 is 11.3 Å². The lowest BCUT2D eigenvalue weighted by Gasteiger charge is -2.07. The molecule has 2 heterocycles. The Kier molecular flexibility index (Phi) is 5.88. The minimum Gasteiger partial charge on any atom is -0.395 e. The highest BCUT2D eigenvalue weighted by atomic mass is 32.1. The van der Waals surface area contributed by atoms with E-state index >= 15 is 0 Å². The Hall–Kier alpha value is -3.01. The zero-order chi connectivity index (χ0) is 20.3. The average molecular weight is 404 g/mol. The lowest BCUT2D eigenvalue weighted by atomic mass is 10.1. The molecule has 0 radical (unpaired) electrons. The van der Waals surface area contributed by atoms with Gasteiger partial charge in [-0.05, 0) is 51.2 Å². The van der Waals surface area contributed by atoms with Crippen molar-refractivity contribution in [3.63, 3.8) is 0 Å².